The van der Waals surface area contributed by atoms with Crippen molar-refractivity contribution in [2.45, 2.75) is 83.6 Å². The number of hydrogen-bond acceptors (Lipinski definition) is 4. The summed E-state index contributed by atoms with van der Waals surface area (Å²) in [6, 6.07) is 20.7. The third kappa shape index (κ3) is 12.1. The maximum Gasteiger partial charge on any atom is 0.310 e. The van der Waals surface area contributed by atoms with E-state index < -0.39 is 23.3 Å². The van der Waals surface area contributed by atoms with Crippen LogP contribution in [0.15, 0.2) is 72.8 Å². The van der Waals surface area contributed by atoms with Gasteiger partial charge in [-0.15, -0.1) is 12.4 Å². The van der Waals surface area contributed by atoms with Crippen LogP contribution in [0.25, 0.3) is 0 Å². The van der Waals surface area contributed by atoms with Crippen LogP contribution < -0.4 is 0 Å². The lowest BCUT2D eigenvalue weighted by Gasteiger charge is -2.37. The zero-order chi connectivity index (χ0) is 29.3. The lowest BCUT2D eigenvalue weighted by atomic mass is 9.67. The standard InChI is InChI=1S/C21H27NO.C12H20O4.ClH/c1-5-20(23)21(16-17(2)22(3)4,18-12-8-6-9-13-18)19-14-10-7-11-15-19;1-2-3-4-5-6-7-8-10(12(15)16)9-11(13)14;/h6-15,17H,5,16H2,1-4H3;7-8,10H,2-6,9H2,1H3,(H,13,14)(H,15,16);1H/b;8-7+;. The van der Waals surface area contributed by atoms with Gasteiger partial charge in [0.1, 0.15) is 5.78 Å². The van der Waals surface area contributed by atoms with Crippen molar-refractivity contribution >= 4 is 30.1 Å². The van der Waals surface area contributed by atoms with Crippen LogP contribution in [0.5, 0.6) is 0 Å². The maximum absolute atomic E-state index is 13.2. The van der Waals surface area contributed by atoms with Gasteiger partial charge >= 0.3 is 11.9 Å². The van der Waals surface area contributed by atoms with E-state index >= 15 is 0 Å². The minimum Gasteiger partial charge on any atom is -0.481 e. The molecule has 0 aliphatic rings. The van der Waals surface area contributed by atoms with E-state index in [0.717, 1.165) is 36.8 Å². The largest absolute Gasteiger partial charge is 0.481 e. The highest BCUT2D eigenvalue weighted by molar-refractivity contribution is 5.93. The van der Waals surface area contributed by atoms with Crippen LogP contribution in [0.2, 0.25) is 0 Å². The number of carboxylic acid groups (broad SMARTS) is 2. The molecule has 0 saturated heterocycles. The van der Waals surface area contributed by atoms with Crippen molar-refractivity contribution in [2.75, 3.05) is 14.1 Å². The van der Waals surface area contributed by atoms with E-state index in [4.69, 9.17) is 10.2 Å². The first-order chi connectivity index (χ1) is 18.6. The molecule has 2 rings (SSSR count). The minimum absolute atomic E-state index is 0. The van der Waals surface area contributed by atoms with Crippen molar-refractivity contribution in [2.24, 2.45) is 5.92 Å². The van der Waals surface area contributed by atoms with Gasteiger partial charge in [-0.25, -0.2) is 0 Å². The van der Waals surface area contributed by atoms with Gasteiger partial charge in [-0.05, 0) is 51.4 Å². The number of Topliss-reactive ketones (excluding diaryl/α,β-unsaturated/α-hetero) is 1. The summed E-state index contributed by atoms with van der Waals surface area (Å²) in [6.07, 6.45) is 9.57. The van der Waals surface area contributed by atoms with Gasteiger partial charge in [-0.1, -0.05) is 106 Å². The highest BCUT2D eigenvalue weighted by Gasteiger charge is 2.41. The van der Waals surface area contributed by atoms with E-state index in [1.165, 1.54) is 18.9 Å². The Morgan fingerprint density at radius 3 is 1.80 bits per heavy atom. The van der Waals surface area contributed by atoms with Crippen LogP contribution in [0, 0.1) is 5.92 Å². The second-order valence-electron chi connectivity index (χ2n) is 10.3. The molecule has 0 aliphatic carbocycles. The smallest absolute Gasteiger partial charge is 0.310 e. The average molecular weight is 574 g/mol. The Morgan fingerprint density at radius 1 is 0.875 bits per heavy atom. The van der Waals surface area contributed by atoms with E-state index in [0.29, 0.717) is 12.5 Å². The summed E-state index contributed by atoms with van der Waals surface area (Å²) >= 11 is 0. The number of halogens is 1. The lowest BCUT2D eigenvalue weighted by molar-refractivity contribution is -0.146. The first-order valence-corrected chi connectivity index (χ1v) is 14.0. The summed E-state index contributed by atoms with van der Waals surface area (Å²) in [5.74, 6) is -2.78. The molecule has 2 N–H and O–H groups in total. The van der Waals surface area contributed by atoms with Crippen molar-refractivity contribution in [3.63, 3.8) is 0 Å². The summed E-state index contributed by atoms with van der Waals surface area (Å²) < 4.78 is 0. The number of carboxylic acids is 2. The van der Waals surface area contributed by atoms with Crippen molar-refractivity contribution in [1.82, 2.24) is 4.90 Å². The number of nitrogens with zero attached hydrogens (tertiary/aromatic N) is 1. The molecule has 0 radical (unpaired) electrons. The van der Waals surface area contributed by atoms with Gasteiger partial charge < -0.3 is 15.1 Å². The van der Waals surface area contributed by atoms with Gasteiger partial charge in [0.25, 0.3) is 0 Å². The highest BCUT2D eigenvalue weighted by atomic mass is 35.5. The van der Waals surface area contributed by atoms with E-state index in [1.807, 2.05) is 43.3 Å². The summed E-state index contributed by atoms with van der Waals surface area (Å²) in [6.45, 7) is 6.27. The second kappa shape index (κ2) is 20.0. The van der Waals surface area contributed by atoms with Crippen LogP contribution in [0.1, 0.15) is 83.3 Å². The molecule has 0 fully saturated rings. The van der Waals surface area contributed by atoms with Gasteiger partial charge in [-0.3, -0.25) is 14.4 Å². The first kappa shape index (κ1) is 37.0. The molecule has 0 heterocycles. The van der Waals surface area contributed by atoms with E-state index in [1.54, 1.807) is 6.08 Å². The van der Waals surface area contributed by atoms with Crippen LogP contribution in [0.4, 0.5) is 0 Å². The van der Waals surface area contributed by atoms with Gasteiger partial charge in [0.05, 0.1) is 17.8 Å². The van der Waals surface area contributed by atoms with Crippen molar-refractivity contribution < 1.29 is 24.6 Å². The number of hydrogen-bond donors (Lipinski definition) is 2. The summed E-state index contributed by atoms with van der Waals surface area (Å²) in [5, 5.41) is 17.3. The average Bonchev–Trinajstić information content (AvgIpc) is 2.93. The monoisotopic (exact) mass is 573 g/mol. The topological polar surface area (TPSA) is 94.9 Å². The number of unbranched alkanes of at least 4 members (excludes halogenated alkanes) is 4. The molecule has 7 heteroatoms. The SMILES string of the molecule is CCC(=O)C(CC(C)N(C)C)(c1ccccc1)c1ccccc1.CCCCCC/C=C/C(CC(=O)O)C(=O)O.Cl. The fourth-order valence-electron chi connectivity index (χ4n) is 4.59. The second-order valence-corrected chi connectivity index (χ2v) is 10.3. The normalized spacial score (nSPS) is 12.7. The Hall–Kier alpha value is -2.96. The number of rotatable bonds is 16. The molecule has 40 heavy (non-hydrogen) atoms. The Bertz CT molecular complexity index is 984. The van der Waals surface area contributed by atoms with Crippen molar-refractivity contribution in [3.8, 4) is 0 Å². The molecule has 0 aromatic heterocycles. The lowest BCUT2D eigenvalue weighted by Crippen LogP contribution is -2.42. The number of carbonyl (C=O) groups excluding carboxylic acids is 1. The quantitative estimate of drug-likeness (QED) is 0.160. The molecular weight excluding hydrogens is 526 g/mol. The van der Waals surface area contributed by atoms with E-state index in [9.17, 15) is 14.4 Å². The molecular formula is C33H48ClNO5. The molecule has 2 unspecified atom stereocenters. The third-order valence-electron chi connectivity index (χ3n) is 7.12. The number of aliphatic carboxylic acids is 2. The minimum atomic E-state index is -1.08. The highest BCUT2D eigenvalue weighted by Crippen LogP contribution is 2.39. The number of ketones is 1. The van der Waals surface area contributed by atoms with Crippen molar-refractivity contribution in [3.05, 3.63) is 83.9 Å². The third-order valence-corrected chi connectivity index (χ3v) is 7.12. The molecule has 0 spiro atoms. The first-order valence-electron chi connectivity index (χ1n) is 14.0. The number of allylic oxidation sites excluding steroid dienone is 1. The molecule has 0 aliphatic heterocycles. The molecule has 2 aromatic rings. The van der Waals surface area contributed by atoms with E-state index in [-0.39, 0.29) is 24.6 Å². The van der Waals surface area contributed by atoms with Crippen LogP contribution in [-0.2, 0) is 19.8 Å². The fourth-order valence-corrected chi connectivity index (χ4v) is 4.59. The Labute approximate surface area is 246 Å². The molecule has 0 saturated carbocycles. The Kier molecular flexibility index (Phi) is 18.5. The van der Waals surface area contributed by atoms with Crippen LogP contribution in [0.3, 0.4) is 0 Å². The number of benzene rings is 2. The molecule has 0 bridgehead atoms. The summed E-state index contributed by atoms with van der Waals surface area (Å²) in [5.41, 5.74) is 1.60. The zero-order valence-corrected chi connectivity index (χ0v) is 25.5. The van der Waals surface area contributed by atoms with Crippen LogP contribution in [-0.4, -0.2) is 53.0 Å². The summed E-state index contributed by atoms with van der Waals surface area (Å²) in [4.78, 5) is 36.4. The molecule has 0 amide bonds. The van der Waals surface area contributed by atoms with Crippen LogP contribution >= 0.6 is 12.4 Å². The van der Waals surface area contributed by atoms with Gasteiger partial charge in [0.2, 0.25) is 0 Å². The molecule has 2 aromatic carbocycles. The van der Waals surface area contributed by atoms with Gasteiger partial charge in [-0.2, -0.15) is 0 Å². The van der Waals surface area contributed by atoms with Gasteiger partial charge in [0, 0.05) is 12.5 Å². The predicted molar refractivity (Wildman–Crippen MR) is 165 cm³/mol. The van der Waals surface area contributed by atoms with Gasteiger partial charge in [0.15, 0.2) is 0 Å². The summed E-state index contributed by atoms with van der Waals surface area (Å²) in [7, 11) is 4.14. The Morgan fingerprint density at radius 2 is 1.40 bits per heavy atom. The maximum atomic E-state index is 13.2. The van der Waals surface area contributed by atoms with Crippen molar-refractivity contribution in [1.29, 1.82) is 0 Å². The zero-order valence-electron chi connectivity index (χ0n) is 24.7. The molecule has 222 valence electrons. The predicted octanol–water partition coefficient (Wildman–Crippen LogP) is 7.40. The molecule has 6 nitrogen and oxygen atoms in total. The number of carbonyl (C=O) groups is 3. The van der Waals surface area contributed by atoms with E-state index in [2.05, 4.69) is 57.1 Å². The Balaban J connectivity index is 0.000000794. The molecule has 2 atom stereocenters. The fraction of sp³-hybridized carbons (Fsp3) is 0.485.